The van der Waals surface area contributed by atoms with Gasteiger partial charge >= 0.3 is 0 Å². The number of hydrogen-bond acceptors (Lipinski definition) is 3. The summed E-state index contributed by atoms with van der Waals surface area (Å²) in [5, 5.41) is 0. The van der Waals surface area contributed by atoms with Crippen molar-refractivity contribution in [2.45, 2.75) is 33.2 Å². The molecule has 0 bridgehead atoms. The second-order valence-corrected chi connectivity index (χ2v) is 4.78. The van der Waals surface area contributed by atoms with Crippen LogP contribution >= 0.6 is 0 Å². The van der Waals surface area contributed by atoms with Gasteiger partial charge in [0.25, 0.3) is 0 Å². The van der Waals surface area contributed by atoms with Gasteiger partial charge in [-0.05, 0) is 26.3 Å². The molecule has 1 atom stereocenters. The number of hydrogen-bond donors (Lipinski definition) is 1. The molecule has 18 heavy (non-hydrogen) atoms. The molecule has 0 aliphatic heterocycles. The lowest BCUT2D eigenvalue weighted by atomic mass is 10.1. The quantitative estimate of drug-likeness (QED) is 0.899. The third kappa shape index (κ3) is 2.93. The number of aromatic nitrogens is 2. The third-order valence-electron chi connectivity index (χ3n) is 3.04. The highest BCUT2D eigenvalue weighted by Gasteiger charge is 2.07. The summed E-state index contributed by atoms with van der Waals surface area (Å²) in [6, 6.07) is 8.44. The molecule has 1 aromatic carbocycles. The van der Waals surface area contributed by atoms with Gasteiger partial charge in [0.05, 0.1) is 0 Å². The average Bonchev–Trinajstić information content (AvgIpc) is 2.32. The molecule has 3 nitrogen and oxygen atoms in total. The van der Waals surface area contributed by atoms with Crippen molar-refractivity contribution in [3.63, 3.8) is 0 Å². The van der Waals surface area contributed by atoms with Crippen LogP contribution in [0.25, 0.3) is 0 Å². The van der Waals surface area contributed by atoms with Crippen molar-refractivity contribution in [2.75, 3.05) is 0 Å². The number of nitrogens with two attached hydrogens (primary N) is 1. The Morgan fingerprint density at radius 2 is 1.83 bits per heavy atom. The highest BCUT2D eigenvalue weighted by molar-refractivity contribution is 5.25. The van der Waals surface area contributed by atoms with Crippen LogP contribution in [0.1, 0.15) is 41.2 Å². The van der Waals surface area contributed by atoms with Crippen molar-refractivity contribution in [3.8, 4) is 0 Å². The molecule has 1 aromatic heterocycles. The Morgan fingerprint density at radius 1 is 1.17 bits per heavy atom. The molecule has 2 aromatic rings. The van der Waals surface area contributed by atoms with E-state index in [-0.39, 0.29) is 6.04 Å². The minimum atomic E-state index is -0.0153. The minimum absolute atomic E-state index is 0.0153. The molecule has 0 aliphatic rings. The summed E-state index contributed by atoms with van der Waals surface area (Å²) in [4.78, 5) is 8.91. The Bertz CT molecular complexity index is 530. The summed E-state index contributed by atoms with van der Waals surface area (Å²) in [6.45, 7) is 6.02. The standard InChI is InChI=1S/C15H19N3/c1-10-4-6-13(7-5-10)8-15-17-9-14(11(2)16)12(3)18-15/h4-7,9,11H,8,16H2,1-3H3. The van der Waals surface area contributed by atoms with Gasteiger partial charge in [0.2, 0.25) is 0 Å². The van der Waals surface area contributed by atoms with Crippen molar-refractivity contribution in [3.05, 3.63) is 58.7 Å². The molecule has 0 amide bonds. The Hall–Kier alpha value is -1.74. The average molecular weight is 241 g/mol. The highest BCUT2D eigenvalue weighted by Crippen LogP contribution is 2.14. The fourth-order valence-corrected chi connectivity index (χ4v) is 1.95. The molecule has 0 saturated carbocycles. The van der Waals surface area contributed by atoms with Crippen molar-refractivity contribution in [1.29, 1.82) is 0 Å². The smallest absolute Gasteiger partial charge is 0.132 e. The van der Waals surface area contributed by atoms with E-state index in [4.69, 9.17) is 5.73 Å². The highest BCUT2D eigenvalue weighted by atomic mass is 14.9. The number of aryl methyl sites for hydroxylation is 2. The van der Waals surface area contributed by atoms with Gasteiger partial charge in [0.1, 0.15) is 5.82 Å². The van der Waals surface area contributed by atoms with Crippen molar-refractivity contribution < 1.29 is 0 Å². The number of rotatable bonds is 3. The van der Waals surface area contributed by atoms with E-state index < -0.39 is 0 Å². The zero-order chi connectivity index (χ0) is 13.1. The second-order valence-electron chi connectivity index (χ2n) is 4.78. The maximum Gasteiger partial charge on any atom is 0.132 e. The van der Waals surface area contributed by atoms with E-state index in [1.807, 2.05) is 20.0 Å². The van der Waals surface area contributed by atoms with Crippen LogP contribution in [0, 0.1) is 13.8 Å². The molecular formula is C15H19N3. The number of nitrogens with zero attached hydrogens (tertiary/aromatic N) is 2. The van der Waals surface area contributed by atoms with Crippen LogP contribution in [-0.2, 0) is 6.42 Å². The van der Waals surface area contributed by atoms with E-state index in [0.717, 1.165) is 23.5 Å². The van der Waals surface area contributed by atoms with Gasteiger partial charge in [0, 0.05) is 29.9 Å². The Labute approximate surface area is 108 Å². The lowest BCUT2D eigenvalue weighted by molar-refractivity contribution is 0.777. The fraction of sp³-hybridized carbons (Fsp3) is 0.333. The molecule has 1 unspecified atom stereocenters. The molecule has 1 heterocycles. The summed E-state index contributed by atoms with van der Waals surface area (Å²) >= 11 is 0. The van der Waals surface area contributed by atoms with E-state index in [0.29, 0.717) is 0 Å². The molecular weight excluding hydrogens is 222 g/mol. The van der Waals surface area contributed by atoms with Crippen LogP contribution in [0.2, 0.25) is 0 Å². The number of benzene rings is 1. The van der Waals surface area contributed by atoms with Gasteiger partial charge in [-0.1, -0.05) is 29.8 Å². The summed E-state index contributed by atoms with van der Waals surface area (Å²) in [5.74, 6) is 0.848. The Balaban J connectivity index is 2.20. The summed E-state index contributed by atoms with van der Waals surface area (Å²) < 4.78 is 0. The first-order chi connectivity index (χ1) is 8.56. The van der Waals surface area contributed by atoms with Gasteiger partial charge in [-0.15, -0.1) is 0 Å². The normalized spacial score (nSPS) is 12.4. The van der Waals surface area contributed by atoms with Gasteiger partial charge in [-0.3, -0.25) is 0 Å². The Kier molecular flexibility index (Phi) is 3.72. The van der Waals surface area contributed by atoms with E-state index in [1.165, 1.54) is 11.1 Å². The lowest BCUT2D eigenvalue weighted by Crippen LogP contribution is -2.10. The van der Waals surface area contributed by atoms with E-state index in [1.54, 1.807) is 0 Å². The van der Waals surface area contributed by atoms with Crippen LogP contribution in [0.4, 0.5) is 0 Å². The summed E-state index contributed by atoms with van der Waals surface area (Å²) in [6.07, 6.45) is 2.61. The maximum atomic E-state index is 5.85. The van der Waals surface area contributed by atoms with Gasteiger partial charge in [-0.25, -0.2) is 9.97 Å². The van der Waals surface area contributed by atoms with Gasteiger partial charge < -0.3 is 5.73 Å². The summed E-state index contributed by atoms with van der Waals surface area (Å²) in [7, 11) is 0. The first-order valence-electron chi connectivity index (χ1n) is 6.20. The van der Waals surface area contributed by atoms with Crippen LogP contribution in [0.15, 0.2) is 30.5 Å². The first kappa shape index (κ1) is 12.7. The van der Waals surface area contributed by atoms with E-state index >= 15 is 0 Å². The predicted molar refractivity (Wildman–Crippen MR) is 73.4 cm³/mol. The van der Waals surface area contributed by atoms with Crippen LogP contribution < -0.4 is 5.73 Å². The predicted octanol–water partition coefficient (Wildman–Crippen LogP) is 2.70. The van der Waals surface area contributed by atoms with E-state index in [2.05, 4.69) is 41.2 Å². The largest absolute Gasteiger partial charge is 0.324 e. The molecule has 0 fully saturated rings. The van der Waals surface area contributed by atoms with Crippen LogP contribution in [-0.4, -0.2) is 9.97 Å². The molecule has 0 spiro atoms. The molecule has 2 N–H and O–H groups in total. The summed E-state index contributed by atoms with van der Waals surface area (Å²) in [5.41, 5.74) is 10.3. The first-order valence-corrected chi connectivity index (χ1v) is 6.20. The monoisotopic (exact) mass is 241 g/mol. The van der Waals surface area contributed by atoms with Crippen LogP contribution in [0.5, 0.6) is 0 Å². The zero-order valence-corrected chi connectivity index (χ0v) is 11.1. The van der Waals surface area contributed by atoms with Crippen molar-refractivity contribution in [2.24, 2.45) is 5.73 Å². The van der Waals surface area contributed by atoms with Crippen molar-refractivity contribution >= 4 is 0 Å². The maximum absolute atomic E-state index is 5.85. The molecule has 0 saturated heterocycles. The van der Waals surface area contributed by atoms with Gasteiger partial charge in [-0.2, -0.15) is 0 Å². The molecule has 3 heteroatoms. The molecule has 0 radical (unpaired) electrons. The molecule has 0 aliphatic carbocycles. The van der Waals surface area contributed by atoms with E-state index in [9.17, 15) is 0 Å². The van der Waals surface area contributed by atoms with Gasteiger partial charge in [0.15, 0.2) is 0 Å². The lowest BCUT2D eigenvalue weighted by Gasteiger charge is -2.09. The zero-order valence-electron chi connectivity index (χ0n) is 11.1. The van der Waals surface area contributed by atoms with Crippen molar-refractivity contribution in [1.82, 2.24) is 9.97 Å². The van der Waals surface area contributed by atoms with Crippen LogP contribution in [0.3, 0.4) is 0 Å². The fourth-order valence-electron chi connectivity index (χ4n) is 1.95. The Morgan fingerprint density at radius 3 is 2.39 bits per heavy atom. The second kappa shape index (κ2) is 5.27. The topological polar surface area (TPSA) is 51.8 Å². The molecule has 2 rings (SSSR count). The minimum Gasteiger partial charge on any atom is -0.324 e. The molecule has 94 valence electrons. The SMILES string of the molecule is Cc1ccc(Cc2ncc(C(C)N)c(C)n2)cc1. The third-order valence-corrected chi connectivity index (χ3v) is 3.04.